The number of ether oxygens (including phenoxy) is 1. The van der Waals surface area contributed by atoms with E-state index in [1.165, 1.54) is 7.11 Å². The van der Waals surface area contributed by atoms with Gasteiger partial charge in [0.05, 0.1) is 25.0 Å². The quantitative estimate of drug-likeness (QED) is 0.861. The third kappa shape index (κ3) is 2.08. The number of aliphatic hydroxyl groups is 1. The maximum atomic E-state index is 12.5. The van der Waals surface area contributed by atoms with Gasteiger partial charge in [0.2, 0.25) is 0 Å². The third-order valence-corrected chi connectivity index (χ3v) is 4.34. The molecule has 1 amide bonds. The number of rotatable bonds is 2. The molecular formula is C14H18N2O3. The lowest BCUT2D eigenvalue weighted by Gasteiger charge is -2.19. The topological polar surface area (TPSA) is 62.7 Å². The van der Waals surface area contributed by atoms with Gasteiger partial charge in [0, 0.05) is 25.2 Å². The van der Waals surface area contributed by atoms with Crippen molar-refractivity contribution in [2.45, 2.75) is 18.9 Å². The standard InChI is InChI=1S/C14H18N2O3/c1-19-13-6-15-5-4-10(13)14(18)16-7-9-2-3-12(17)11(9)8-16/h4-6,9,11-12,17H,2-3,7-8H2,1H3. The van der Waals surface area contributed by atoms with Crippen LogP contribution in [0.3, 0.4) is 0 Å². The third-order valence-electron chi connectivity index (χ3n) is 4.34. The first-order valence-corrected chi connectivity index (χ1v) is 6.66. The largest absolute Gasteiger partial charge is 0.494 e. The Labute approximate surface area is 112 Å². The number of methoxy groups -OCH3 is 1. The van der Waals surface area contributed by atoms with Gasteiger partial charge < -0.3 is 14.7 Å². The molecule has 102 valence electrons. The smallest absolute Gasteiger partial charge is 0.257 e. The Hall–Kier alpha value is -1.62. The molecule has 1 aromatic heterocycles. The van der Waals surface area contributed by atoms with Gasteiger partial charge >= 0.3 is 0 Å². The van der Waals surface area contributed by atoms with Crippen molar-refractivity contribution in [3.63, 3.8) is 0 Å². The second-order valence-electron chi connectivity index (χ2n) is 5.35. The molecule has 3 unspecified atom stereocenters. The van der Waals surface area contributed by atoms with Crippen LogP contribution >= 0.6 is 0 Å². The normalized spacial score (nSPS) is 29.4. The molecule has 1 saturated heterocycles. The van der Waals surface area contributed by atoms with E-state index in [1.807, 2.05) is 4.90 Å². The van der Waals surface area contributed by atoms with Crippen molar-refractivity contribution in [3.8, 4) is 5.75 Å². The molecule has 19 heavy (non-hydrogen) atoms. The molecule has 2 fully saturated rings. The minimum Gasteiger partial charge on any atom is -0.494 e. The summed E-state index contributed by atoms with van der Waals surface area (Å²) in [6, 6.07) is 1.69. The molecule has 3 atom stereocenters. The number of fused-ring (bicyclic) bond motifs is 1. The number of pyridine rings is 1. The van der Waals surface area contributed by atoms with Gasteiger partial charge in [-0.25, -0.2) is 0 Å². The molecule has 1 N–H and O–H groups in total. The molecule has 1 aliphatic heterocycles. The monoisotopic (exact) mass is 262 g/mol. The van der Waals surface area contributed by atoms with Gasteiger partial charge in [-0.1, -0.05) is 0 Å². The summed E-state index contributed by atoms with van der Waals surface area (Å²) in [5.41, 5.74) is 0.548. The number of likely N-dealkylation sites (tertiary alicyclic amines) is 1. The summed E-state index contributed by atoms with van der Waals surface area (Å²) in [5, 5.41) is 9.90. The molecular weight excluding hydrogens is 244 g/mol. The van der Waals surface area contributed by atoms with Crippen LogP contribution in [-0.4, -0.2) is 47.2 Å². The van der Waals surface area contributed by atoms with E-state index >= 15 is 0 Å². The maximum absolute atomic E-state index is 12.5. The summed E-state index contributed by atoms with van der Waals surface area (Å²) in [6.07, 6.45) is 4.79. The van der Waals surface area contributed by atoms with Gasteiger partial charge in [0.15, 0.2) is 0 Å². The lowest BCUT2D eigenvalue weighted by molar-refractivity contribution is 0.0749. The Bertz CT molecular complexity index is 491. The van der Waals surface area contributed by atoms with Crippen molar-refractivity contribution >= 4 is 5.91 Å². The van der Waals surface area contributed by atoms with Crippen molar-refractivity contribution in [1.29, 1.82) is 0 Å². The van der Waals surface area contributed by atoms with Gasteiger partial charge in [-0.2, -0.15) is 0 Å². The number of hydrogen-bond donors (Lipinski definition) is 1. The average Bonchev–Trinajstić information content (AvgIpc) is 3.00. The first kappa shape index (κ1) is 12.4. The number of aromatic nitrogens is 1. The van der Waals surface area contributed by atoms with Gasteiger partial charge in [-0.3, -0.25) is 9.78 Å². The number of nitrogens with zero attached hydrogens (tertiary/aromatic N) is 2. The van der Waals surface area contributed by atoms with E-state index in [0.29, 0.717) is 23.8 Å². The summed E-state index contributed by atoms with van der Waals surface area (Å²) in [6.45, 7) is 1.39. The highest BCUT2D eigenvalue weighted by Gasteiger charge is 2.43. The van der Waals surface area contributed by atoms with E-state index in [0.717, 1.165) is 19.4 Å². The Morgan fingerprint density at radius 3 is 3.05 bits per heavy atom. The van der Waals surface area contributed by atoms with Crippen LogP contribution < -0.4 is 4.74 Å². The molecule has 5 heteroatoms. The van der Waals surface area contributed by atoms with E-state index in [1.54, 1.807) is 18.5 Å². The number of carbonyl (C=O) groups excluding carboxylic acids is 1. The molecule has 0 bridgehead atoms. The van der Waals surface area contributed by atoms with E-state index < -0.39 is 0 Å². The summed E-state index contributed by atoms with van der Waals surface area (Å²) in [5.74, 6) is 1.18. The fraction of sp³-hybridized carbons (Fsp3) is 0.571. The highest BCUT2D eigenvalue weighted by molar-refractivity contribution is 5.97. The van der Waals surface area contributed by atoms with Gasteiger partial charge in [0.1, 0.15) is 5.75 Å². The minimum atomic E-state index is -0.248. The predicted octanol–water partition coefficient (Wildman–Crippen LogP) is 0.933. The maximum Gasteiger partial charge on any atom is 0.257 e. The van der Waals surface area contributed by atoms with Crippen LogP contribution in [0.1, 0.15) is 23.2 Å². The van der Waals surface area contributed by atoms with Crippen LogP contribution in [0.5, 0.6) is 5.75 Å². The van der Waals surface area contributed by atoms with Crippen LogP contribution in [0.25, 0.3) is 0 Å². The second-order valence-corrected chi connectivity index (χ2v) is 5.35. The summed E-state index contributed by atoms with van der Waals surface area (Å²) < 4.78 is 5.18. The molecule has 2 heterocycles. The molecule has 1 aliphatic carbocycles. The van der Waals surface area contributed by atoms with Crippen LogP contribution in [0.15, 0.2) is 18.5 Å². The number of carbonyl (C=O) groups is 1. The van der Waals surface area contributed by atoms with Crippen molar-refractivity contribution < 1.29 is 14.6 Å². The van der Waals surface area contributed by atoms with Crippen molar-refractivity contribution in [2.24, 2.45) is 11.8 Å². The minimum absolute atomic E-state index is 0.0270. The van der Waals surface area contributed by atoms with Gasteiger partial charge in [-0.05, 0) is 24.8 Å². The van der Waals surface area contributed by atoms with E-state index in [4.69, 9.17) is 4.74 Å². The average molecular weight is 262 g/mol. The summed E-state index contributed by atoms with van der Waals surface area (Å²) in [7, 11) is 1.54. The fourth-order valence-electron chi connectivity index (χ4n) is 3.29. The highest BCUT2D eigenvalue weighted by Crippen LogP contribution is 2.38. The van der Waals surface area contributed by atoms with Gasteiger partial charge in [-0.15, -0.1) is 0 Å². The lowest BCUT2D eigenvalue weighted by Crippen LogP contribution is -2.31. The summed E-state index contributed by atoms with van der Waals surface area (Å²) in [4.78, 5) is 18.3. The molecule has 5 nitrogen and oxygen atoms in total. The molecule has 1 saturated carbocycles. The van der Waals surface area contributed by atoms with E-state index in [-0.39, 0.29) is 17.9 Å². The van der Waals surface area contributed by atoms with E-state index in [9.17, 15) is 9.90 Å². The first-order valence-electron chi connectivity index (χ1n) is 6.66. The molecule has 1 aromatic rings. The second kappa shape index (κ2) is 4.81. The molecule has 2 aliphatic rings. The SMILES string of the molecule is COc1cnccc1C(=O)N1CC2CCC(O)C2C1. The van der Waals surface area contributed by atoms with Crippen LogP contribution in [0.4, 0.5) is 0 Å². The zero-order valence-corrected chi connectivity index (χ0v) is 11.0. The number of hydrogen-bond acceptors (Lipinski definition) is 4. The zero-order chi connectivity index (χ0) is 13.4. The zero-order valence-electron chi connectivity index (χ0n) is 11.0. The van der Waals surface area contributed by atoms with Crippen molar-refractivity contribution in [1.82, 2.24) is 9.88 Å². The molecule has 0 spiro atoms. The Kier molecular flexibility index (Phi) is 3.14. The highest BCUT2D eigenvalue weighted by atomic mass is 16.5. The summed E-state index contributed by atoms with van der Waals surface area (Å²) >= 11 is 0. The number of amides is 1. The van der Waals surface area contributed by atoms with Crippen molar-refractivity contribution in [3.05, 3.63) is 24.0 Å². The van der Waals surface area contributed by atoms with E-state index in [2.05, 4.69) is 4.98 Å². The molecule has 0 radical (unpaired) electrons. The Balaban J connectivity index is 1.78. The molecule has 0 aromatic carbocycles. The Morgan fingerprint density at radius 1 is 1.47 bits per heavy atom. The van der Waals surface area contributed by atoms with Gasteiger partial charge in [0.25, 0.3) is 5.91 Å². The predicted molar refractivity (Wildman–Crippen MR) is 68.9 cm³/mol. The van der Waals surface area contributed by atoms with Crippen LogP contribution in [-0.2, 0) is 0 Å². The molecule has 3 rings (SSSR count). The first-order chi connectivity index (χ1) is 9.20. The lowest BCUT2D eigenvalue weighted by atomic mass is 10.00. The van der Waals surface area contributed by atoms with Crippen molar-refractivity contribution in [2.75, 3.05) is 20.2 Å². The van der Waals surface area contributed by atoms with Crippen LogP contribution in [0, 0.1) is 11.8 Å². The number of aliphatic hydroxyl groups excluding tert-OH is 1. The van der Waals surface area contributed by atoms with Crippen LogP contribution in [0.2, 0.25) is 0 Å². The Morgan fingerprint density at radius 2 is 2.32 bits per heavy atom. The fourth-order valence-corrected chi connectivity index (χ4v) is 3.29.